The van der Waals surface area contributed by atoms with E-state index in [2.05, 4.69) is 10.2 Å². The van der Waals surface area contributed by atoms with Crippen molar-refractivity contribution in [2.24, 2.45) is 0 Å². The molecule has 148 valence electrons. The van der Waals surface area contributed by atoms with Gasteiger partial charge in [-0.25, -0.2) is 4.79 Å². The molecular weight excluding hydrogens is 356 g/mol. The first kappa shape index (κ1) is 18.6. The largest absolute Gasteiger partial charge is 0.495 e. The van der Waals surface area contributed by atoms with Gasteiger partial charge in [-0.2, -0.15) is 0 Å². The molecule has 0 unspecified atom stereocenters. The van der Waals surface area contributed by atoms with Gasteiger partial charge in [-0.15, -0.1) is 0 Å². The molecule has 2 heterocycles. The Bertz CT molecular complexity index is 940. The van der Waals surface area contributed by atoms with Gasteiger partial charge in [0.25, 0.3) is 5.91 Å². The van der Waals surface area contributed by atoms with E-state index in [0.717, 1.165) is 38.0 Å². The molecule has 1 aromatic carbocycles. The number of carbonyl (C=O) groups is 1. The van der Waals surface area contributed by atoms with Crippen LogP contribution in [0.5, 0.6) is 5.75 Å². The van der Waals surface area contributed by atoms with E-state index in [0.29, 0.717) is 28.7 Å². The van der Waals surface area contributed by atoms with E-state index < -0.39 is 11.5 Å². The van der Waals surface area contributed by atoms with Crippen molar-refractivity contribution in [3.8, 4) is 5.75 Å². The van der Waals surface area contributed by atoms with Gasteiger partial charge in [0.1, 0.15) is 17.1 Å². The molecule has 1 N–H and O–H groups in total. The lowest BCUT2D eigenvalue weighted by Crippen LogP contribution is -2.24. The molecule has 1 aromatic heterocycles. The van der Waals surface area contributed by atoms with Crippen LogP contribution in [-0.2, 0) is 0 Å². The number of hydrogen-bond donors (Lipinski definition) is 1. The van der Waals surface area contributed by atoms with E-state index in [1.807, 2.05) is 18.2 Å². The van der Waals surface area contributed by atoms with Crippen LogP contribution in [0.3, 0.4) is 0 Å². The smallest absolute Gasteiger partial charge is 0.349 e. The molecule has 4 rings (SSSR count). The molecule has 2 aliphatic rings. The van der Waals surface area contributed by atoms with Crippen LogP contribution in [0.1, 0.15) is 59.7 Å². The summed E-state index contributed by atoms with van der Waals surface area (Å²) < 4.78 is 11.0. The van der Waals surface area contributed by atoms with Crippen LogP contribution in [0.25, 0.3) is 0 Å². The van der Waals surface area contributed by atoms with Crippen LogP contribution in [0.2, 0.25) is 0 Å². The molecule has 28 heavy (non-hydrogen) atoms. The Kier molecular flexibility index (Phi) is 5.11. The summed E-state index contributed by atoms with van der Waals surface area (Å²) in [7, 11) is 1.62. The Morgan fingerprint density at radius 2 is 1.93 bits per heavy atom. The Balaban J connectivity index is 1.55. The molecule has 6 heteroatoms. The van der Waals surface area contributed by atoms with Gasteiger partial charge in [0.2, 0.25) is 0 Å². The summed E-state index contributed by atoms with van der Waals surface area (Å²) in [6.07, 6.45) is 5.58. The summed E-state index contributed by atoms with van der Waals surface area (Å²) in [5.74, 6) is 1.26. The number of benzene rings is 1. The van der Waals surface area contributed by atoms with Gasteiger partial charge < -0.3 is 19.4 Å². The van der Waals surface area contributed by atoms with Crippen molar-refractivity contribution in [3.63, 3.8) is 0 Å². The number of rotatable bonds is 5. The predicted molar refractivity (Wildman–Crippen MR) is 109 cm³/mol. The number of amides is 1. The Morgan fingerprint density at radius 3 is 2.54 bits per heavy atom. The minimum absolute atomic E-state index is 0.0608. The Labute approximate surface area is 164 Å². The fraction of sp³-hybridized carbons (Fsp3) is 0.455. The highest BCUT2D eigenvalue weighted by Crippen LogP contribution is 2.36. The molecule has 1 saturated carbocycles. The summed E-state index contributed by atoms with van der Waals surface area (Å²) >= 11 is 0. The summed E-state index contributed by atoms with van der Waals surface area (Å²) in [4.78, 5) is 27.4. The molecule has 0 bridgehead atoms. The van der Waals surface area contributed by atoms with Crippen molar-refractivity contribution >= 4 is 17.3 Å². The number of nitrogens with zero attached hydrogens (tertiary/aromatic N) is 1. The van der Waals surface area contributed by atoms with Gasteiger partial charge in [-0.1, -0.05) is 6.42 Å². The van der Waals surface area contributed by atoms with E-state index in [4.69, 9.17) is 9.15 Å². The number of aryl methyl sites for hydroxylation is 1. The first-order valence-electron chi connectivity index (χ1n) is 9.96. The number of anilines is 2. The highest BCUT2D eigenvalue weighted by atomic mass is 16.5. The monoisotopic (exact) mass is 382 g/mol. The molecule has 2 aromatic rings. The number of ether oxygens (including phenoxy) is 1. The second-order valence-electron chi connectivity index (χ2n) is 7.66. The van der Waals surface area contributed by atoms with E-state index in [9.17, 15) is 9.59 Å². The molecular formula is C22H26N2O4. The van der Waals surface area contributed by atoms with Crippen molar-refractivity contribution in [1.29, 1.82) is 0 Å². The first-order valence-corrected chi connectivity index (χ1v) is 9.96. The predicted octanol–water partition coefficient (Wildman–Crippen LogP) is 4.08. The van der Waals surface area contributed by atoms with Gasteiger partial charge >= 0.3 is 5.63 Å². The minimum Gasteiger partial charge on any atom is -0.495 e. The summed E-state index contributed by atoms with van der Waals surface area (Å²) in [6, 6.07) is 7.42. The number of methoxy groups -OCH3 is 1. The van der Waals surface area contributed by atoms with Crippen molar-refractivity contribution in [2.75, 3.05) is 30.4 Å². The molecule has 0 spiro atoms. The van der Waals surface area contributed by atoms with Crippen LogP contribution in [-0.4, -0.2) is 26.1 Å². The van der Waals surface area contributed by atoms with Crippen molar-refractivity contribution in [1.82, 2.24) is 0 Å². The Hall–Kier alpha value is -2.76. The zero-order valence-corrected chi connectivity index (χ0v) is 16.4. The third-order valence-corrected chi connectivity index (χ3v) is 5.79. The van der Waals surface area contributed by atoms with Crippen molar-refractivity contribution in [2.45, 2.75) is 44.9 Å². The molecule has 0 atom stereocenters. The van der Waals surface area contributed by atoms with Crippen molar-refractivity contribution < 1.29 is 13.9 Å². The highest BCUT2D eigenvalue weighted by molar-refractivity contribution is 6.05. The second-order valence-corrected chi connectivity index (χ2v) is 7.66. The quantitative estimate of drug-likeness (QED) is 0.844. The highest BCUT2D eigenvalue weighted by Gasteiger charge is 2.25. The van der Waals surface area contributed by atoms with E-state index in [1.165, 1.54) is 12.8 Å². The molecule has 0 radical (unpaired) electrons. The lowest BCUT2D eigenvalue weighted by atomic mass is 9.83. The van der Waals surface area contributed by atoms with Gasteiger partial charge in [-0.3, -0.25) is 4.79 Å². The SMILES string of the molecule is COc1cc(NC(=O)c2c(C)cc(C3CCC3)oc2=O)ccc1N1CCCC1. The van der Waals surface area contributed by atoms with Crippen LogP contribution >= 0.6 is 0 Å². The van der Waals surface area contributed by atoms with Crippen LogP contribution < -0.4 is 20.6 Å². The molecule has 1 aliphatic heterocycles. The number of nitrogens with one attached hydrogen (secondary N) is 1. The maximum atomic E-state index is 12.7. The van der Waals surface area contributed by atoms with Crippen LogP contribution in [0, 0.1) is 6.92 Å². The maximum absolute atomic E-state index is 12.7. The molecule has 2 fully saturated rings. The van der Waals surface area contributed by atoms with Gasteiger partial charge in [0.05, 0.1) is 12.8 Å². The standard InChI is InChI=1S/C22H26N2O4/c1-14-12-18(15-6-5-7-15)28-22(26)20(14)21(25)23-16-8-9-17(19(13-16)27-2)24-10-3-4-11-24/h8-9,12-13,15H,3-7,10-11H2,1-2H3,(H,23,25). The molecule has 1 saturated heterocycles. The second kappa shape index (κ2) is 7.70. The fourth-order valence-electron chi connectivity index (χ4n) is 3.97. The van der Waals surface area contributed by atoms with Gasteiger partial charge in [0.15, 0.2) is 0 Å². The zero-order chi connectivity index (χ0) is 19.7. The van der Waals surface area contributed by atoms with Crippen molar-refractivity contribution in [3.05, 3.63) is 51.6 Å². The lowest BCUT2D eigenvalue weighted by molar-refractivity contribution is 0.102. The van der Waals surface area contributed by atoms with E-state index in [-0.39, 0.29) is 5.56 Å². The Morgan fingerprint density at radius 1 is 1.18 bits per heavy atom. The number of carbonyl (C=O) groups excluding carboxylic acids is 1. The average Bonchev–Trinajstić information content (AvgIpc) is 3.14. The van der Waals surface area contributed by atoms with Gasteiger partial charge in [-0.05, 0) is 56.4 Å². The topological polar surface area (TPSA) is 71.8 Å². The first-order chi connectivity index (χ1) is 13.6. The lowest BCUT2D eigenvalue weighted by Gasteiger charge is -2.24. The van der Waals surface area contributed by atoms with Crippen LogP contribution in [0.4, 0.5) is 11.4 Å². The van der Waals surface area contributed by atoms with Gasteiger partial charge in [0, 0.05) is 30.8 Å². The summed E-state index contributed by atoms with van der Waals surface area (Å²) in [5, 5.41) is 2.81. The minimum atomic E-state index is -0.569. The van der Waals surface area contributed by atoms with Crippen LogP contribution in [0.15, 0.2) is 33.5 Å². The summed E-state index contributed by atoms with van der Waals surface area (Å²) in [6.45, 7) is 3.80. The third kappa shape index (κ3) is 3.51. The zero-order valence-electron chi connectivity index (χ0n) is 16.4. The normalized spacial score (nSPS) is 16.7. The molecule has 1 amide bonds. The molecule has 6 nitrogen and oxygen atoms in total. The maximum Gasteiger partial charge on any atom is 0.349 e. The fourth-order valence-corrected chi connectivity index (χ4v) is 3.97. The van der Waals surface area contributed by atoms with E-state index >= 15 is 0 Å². The summed E-state index contributed by atoms with van der Waals surface area (Å²) in [5.41, 5.74) is 1.76. The molecule has 1 aliphatic carbocycles. The van der Waals surface area contributed by atoms with E-state index in [1.54, 1.807) is 20.1 Å². The third-order valence-electron chi connectivity index (χ3n) is 5.79. The average molecular weight is 382 g/mol. The number of hydrogen-bond acceptors (Lipinski definition) is 5.